The van der Waals surface area contributed by atoms with E-state index < -0.39 is 17.6 Å². The lowest BCUT2D eigenvalue weighted by atomic mass is 10.1. The van der Waals surface area contributed by atoms with Gasteiger partial charge in [-0.2, -0.15) is 23.1 Å². The van der Waals surface area contributed by atoms with Gasteiger partial charge in [0.1, 0.15) is 0 Å². The largest absolute Gasteiger partial charge is 0.493 e. The molecule has 1 aromatic heterocycles. The Bertz CT molecular complexity index is 1090. The molecule has 0 fully saturated rings. The van der Waals surface area contributed by atoms with E-state index in [1.165, 1.54) is 18.2 Å². The molecule has 10 heteroatoms. The number of nitrogens with one attached hydrogen (secondary N) is 2. The van der Waals surface area contributed by atoms with Gasteiger partial charge < -0.3 is 10.4 Å². The van der Waals surface area contributed by atoms with Crippen molar-refractivity contribution in [3.8, 4) is 5.88 Å². The summed E-state index contributed by atoms with van der Waals surface area (Å²) in [5, 5.41) is 15.3. The Morgan fingerprint density at radius 3 is 2.37 bits per heavy atom. The third kappa shape index (κ3) is 5.71. The monoisotopic (exact) mass is 434 g/mol. The molecule has 0 radical (unpaired) electrons. The summed E-state index contributed by atoms with van der Waals surface area (Å²) in [4.78, 5) is 20.5. The number of nitrogens with zero attached hydrogens (tertiary/aromatic N) is 2. The molecule has 2 aromatic carbocycles. The summed E-state index contributed by atoms with van der Waals surface area (Å²) in [7, 11) is 0. The molecule has 154 valence electrons. The molecule has 3 aromatic rings. The van der Waals surface area contributed by atoms with E-state index in [0.29, 0.717) is 10.7 Å². The molecule has 0 saturated carbocycles. The summed E-state index contributed by atoms with van der Waals surface area (Å²) in [5.74, 6) is -0.947. The molecule has 0 bridgehead atoms. The van der Waals surface area contributed by atoms with E-state index in [1.807, 2.05) is 0 Å². The van der Waals surface area contributed by atoms with Crippen LogP contribution >= 0.6 is 11.6 Å². The van der Waals surface area contributed by atoms with Crippen LogP contribution in [0.25, 0.3) is 0 Å². The van der Waals surface area contributed by atoms with E-state index in [0.717, 1.165) is 24.3 Å². The number of aromatic hydroxyl groups is 1. The maximum Gasteiger partial charge on any atom is 0.416 e. The van der Waals surface area contributed by atoms with Crippen LogP contribution in [0.4, 0.5) is 24.7 Å². The first-order valence-electron chi connectivity index (χ1n) is 8.46. The maximum atomic E-state index is 12.7. The van der Waals surface area contributed by atoms with E-state index in [9.17, 15) is 23.1 Å². The molecular formula is C20H14ClF3N4O2. The highest BCUT2D eigenvalue weighted by atomic mass is 35.5. The SMILES string of the molecule is O=C(N/C(=N\c1cccc(O)n1)Nc1cccc(Cl)c1)c1ccc(C(F)(F)F)cc1. The van der Waals surface area contributed by atoms with Gasteiger partial charge in [0, 0.05) is 22.3 Å². The van der Waals surface area contributed by atoms with Crippen molar-refractivity contribution < 1.29 is 23.1 Å². The Morgan fingerprint density at radius 1 is 1.03 bits per heavy atom. The smallest absolute Gasteiger partial charge is 0.416 e. The van der Waals surface area contributed by atoms with Crippen molar-refractivity contribution in [2.45, 2.75) is 6.18 Å². The van der Waals surface area contributed by atoms with Gasteiger partial charge in [0.15, 0.2) is 5.82 Å². The Morgan fingerprint density at radius 2 is 1.73 bits per heavy atom. The van der Waals surface area contributed by atoms with E-state index in [2.05, 4.69) is 20.6 Å². The quantitative estimate of drug-likeness (QED) is 0.400. The van der Waals surface area contributed by atoms with Crippen LogP contribution < -0.4 is 10.6 Å². The number of aromatic nitrogens is 1. The summed E-state index contributed by atoms with van der Waals surface area (Å²) in [6, 6.07) is 14.7. The van der Waals surface area contributed by atoms with Crippen molar-refractivity contribution in [1.82, 2.24) is 10.3 Å². The highest BCUT2D eigenvalue weighted by Crippen LogP contribution is 2.29. The summed E-state index contributed by atoms with van der Waals surface area (Å²) in [6.07, 6.45) is -4.50. The van der Waals surface area contributed by atoms with E-state index in [-0.39, 0.29) is 23.2 Å². The van der Waals surface area contributed by atoms with Crippen LogP contribution in [0.2, 0.25) is 5.02 Å². The van der Waals surface area contributed by atoms with Gasteiger partial charge in [0.25, 0.3) is 5.91 Å². The minimum Gasteiger partial charge on any atom is -0.493 e. The molecule has 0 aliphatic rings. The average molecular weight is 435 g/mol. The van der Waals surface area contributed by atoms with Crippen LogP contribution in [0.5, 0.6) is 5.88 Å². The number of amides is 1. The Kier molecular flexibility index (Phi) is 6.22. The lowest BCUT2D eigenvalue weighted by Crippen LogP contribution is -2.35. The Labute approximate surface area is 174 Å². The molecule has 3 rings (SSSR count). The van der Waals surface area contributed by atoms with Crippen molar-refractivity contribution in [3.05, 3.63) is 82.9 Å². The van der Waals surface area contributed by atoms with Crippen molar-refractivity contribution in [2.75, 3.05) is 5.32 Å². The van der Waals surface area contributed by atoms with Gasteiger partial charge in [-0.05, 0) is 48.5 Å². The lowest BCUT2D eigenvalue weighted by Gasteiger charge is -2.12. The van der Waals surface area contributed by atoms with Crippen LogP contribution in [0, 0.1) is 0 Å². The van der Waals surface area contributed by atoms with E-state index >= 15 is 0 Å². The topological polar surface area (TPSA) is 86.6 Å². The van der Waals surface area contributed by atoms with Crippen LogP contribution in [-0.2, 0) is 6.18 Å². The number of aliphatic imine (C=N–C) groups is 1. The number of pyridine rings is 1. The lowest BCUT2D eigenvalue weighted by molar-refractivity contribution is -0.137. The fourth-order valence-electron chi connectivity index (χ4n) is 2.37. The second-order valence-corrected chi connectivity index (χ2v) is 6.42. The summed E-state index contributed by atoms with van der Waals surface area (Å²) in [5.41, 5.74) is -0.379. The zero-order valence-electron chi connectivity index (χ0n) is 15.1. The number of alkyl halides is 3. The van der Waals surface area contributed by atoms with Gasteiger partial charge in [-0.15, -0.1) is 0 Å². The number of halogens is 4. The molecule has 1 heterocycles. The number of benzene rings is 2. The van der Waals surface area contributed by atoms with Crippen LogP contribution in [0.15, 0.2) is 71.7 Å². The molecule has 3 N–H and O–H groups in total. The van der Waals surface area contributed by atoms with Gasteiger partial charge >= 0.3 is 6.18 Å². The van der Waals surface area contributed by atoms with E-state index in [1.54, 1.807) is 24.3 Å². The first-order valence-corrected chi connectivity index (χ1v) is 8.84. The highest BCUT2D eigenvalue weighted by Gasteiger charge is 2.30. The van der Waals surface area contributed by atoms with Crippen LogP contribution in [0.3, 0.4) is 0 Å². The molecule has 0 atom stereocenters. The van der Waals surface area contributed by atoms with Crippen molar-refractivity contribution in [1.29, 1.82) is 0 Å². The van der Waals surface area contributed by atoms with Crippen molar-refractivity contribution >= 4 is 35.0 Å². The zero-order valence-corrected chi connectivity index (χ0v) is 15.9. The minimum atomic E-state index is -4.50. The number of hydrogen-bond donors (Lipinski definition) is 3. The van der Waals surface area contributed by atoms with Crippen molar-refractivity contribution in [2.24, 2.45) is 4.99 Å². The minimum absolute atomic E-state index is 0.00698. The van der Waals surface area contributed by atoms with Crippen LogP contribution in [-0.4, -0.2) is 22.0 Å². The number of hydrogen-bond acceptors (Lipinski definition) is 4. The first kappa shape index (κ1) is 21.1. The number of carbonyl (C=O) groups is 1. The Balaban J connectivity index is 1.87. The van der Waals surface area contributed by atoms with Gasteiger partial charge in [-0.1, -0.05) is 23.7 Å². The molecule has 0 saturated heterocycles. The van der Waals surface area contributed by atoms with Gasteiger partial charge in [-0.3, -0.25) is 10.1 Å². The Hall–Kier alpha value is -3.59. The molecule has 0 unspecified atom stereocenters. The second kappa shape index (κ2) is 8.83. The third-order valence-corrected chi connectivity index (χ3v) is 3.97. The molecule has 30 heavy (non-hydrogen) atoms. The summed E-state index contributed by atoms with van der Waals surface area (Å²) in [6.45, 7) is 0. The van der Waals surface area contributed by atoms with Gasteiger partial charge in [0.2, 0.25) is 11.8 Å². The molecular weight excluding hydrogens is 421 g/mol. The number of guanidine groups is 1. The highest BCUT2D eigenvalue weighted by molar-refractivity contribution is 6.31. The standard InChI is InChI=1S/C20H14ClF3N4O2/c21-14-3-1-4-15(11-14)25-19(27-16-5-2-6-17(29)26-16)28-18(30)12-7-9-13(10-8-12)20(22,23)24/h1-11H,(H3,25,26,27,28,29,30). The predicted octanol–water partition coefficient (Wildman–Crippen LogP) is 4.99. The molecule has 0 aliphatic heterocycles. The third-order valence-electron chi connectivity index (χ3n) is 3.74. The van der Waals surface area contributed by atoms with Gasteiger partial charge in [-0.25, -0.2) is 0 Å². The second-order valence-electron chi connectivity index (χ2n) is 5.98. The number of rotatable bonds is 3. The normalized spacial score (nSPS) is 11.8. The van der Waals surface area contributed by atoms with Gasteiger partial charge in [0.05, 0.1) is 5.56 Å². The maximum absolute atomic E-state index is 12.7. The predicted molar refractivity (Wildman–Crippen MR) is 107 cm³/mol. The summed E-state index contributed by atoms with van der Waals surface area (Å²) >= 11 is 5.96. The summed E-state index contributed by atoms with van der Waals surface area (Å²) < 4.78 is 38.1. The number of carbonyl (C=O) groups excluding carboxylic acids is 1. The number of anilines is 1. The fraction of sp³-hybridized carbons (Fsp3) is 0.0500. The molecule has 0 spiro atoms. The van der Waals surface area contributed by atoms with E-state index in [4.69, 9.17) is 11.6 Å². The van der Waals surface area contributed by atoms with Crippen LogP contribution in [0.1, 0.15) is 15.9 Å². The molecule has 6 nitrogen and oxygen atoms in total. The van der Waals surface area contributed by atoms with Crippen molar-refractivity contribution in [3.63, 3.8) is 0 Å². The zero-order chi connectivity index (χ0) is 21.7. The fourth-order valence-corrected chi connectivity index (χ4v) is 2.56. The molecule has 0 aliphatic carbocycles. The average Bonchev–Trinajstić information content (AvgIpc) is 2.67. The molecule has 1 amide bonds. The first-order chi connectivity index (χ1) is 14.2.